The largest absolute Gasteiger partial charge is 0.352 e. The van der Waals surface area contributed by atoms with E-state index in [0.717, 1.165) is 22.6 Å². The lowest BCUT2D eigenvalue weighted by atomic mass is 9.96. The summed E-state index contributed by atoms with van der Waals surface area (Å²) in [5, 5.41) is 7.19. The van der Waals surface area contributed by atoms with E-state index < -0.39 is 0 Å². The zero-order valence-electron chi connectivity index (χ0n) is 24.1. The van der Waals surface area contributed by atoms with E-state index in [1.165, 1.54) is 33.6 Å². The molecular formula is C33H37N5OS. The summed E-state index contributed by atoms with van der Waals surface area (Å²) in [4.78, 5) is 19.8. The van der Waals surface area contributed by atoms with E-state index in [-0.39, 0.29) is 18.0 Å². The number of aromatic nitrogens is 2. The average Bonchev–Trinajstić information content (AvgIpc) is 3.39. The van der Waals surface area contributed by atoms with Crippen molar-refractivity contribution >= 4 is 28.9 Å². The van der Waals surface area contributed by atoms with Crippen molar-refractivity contribution in [3.8, 4) is 5.69 Å². The molecule has 7 heteroatoms. The molecule has 40 heavy (non-hydrogen) atoms. The quantitative estimate of drug-likeness (QED) is 0.250. The molecule has 2 aromatic heterocycles. The fraction of sp³-hybridized carbons (Fsp3) is 0.303. The maximum absolute atomic E-state index is 13.0. The third-order valence-electron chi connectivity index (χ3n) is 7.76. The van der Waals surface area contributed by atoms with Gasteiger partial charge in [0.1, 0.15) is 0 Å². The Morgan fingerprint density at radius 2 is 1.65 bits per heavy atom. The first kappa shape index (κ1) is 27.6. The van der Waals surface area contributed by atoms with Crippen molar-refractivity contribution in [3.05, 3.63) is 112 Å². The number of pyridine rings is 1. The minimum absolute atomic E-state index is 0.0388. The lowest BCUT2D eigenvalue weighted by Crippen LogP contribution is -2.32. The van der Waals surface area contributed by atoms with Gasteiger partial charge in [0, 0.05) is 36.2 Å². The van der Waals surface area contributed by atoms with Gasteiger partial charge in [-0.25, -0.2) is 0 Å². The van der Waals surface area contributed by atoms with E-state index in [1.807, 2.05) is 55.6 Å². The first-order chi connectivity index (χ1) is 19.1. The van der Waals surface area contributed by atoms with Crippen LogP contribution in [0.25, 0.3) is 5.69 Å². The van der Waals surface area contributed by atoms with Gasteiger partial charge in [-0.15, -0.1) is 0 Å². The lowest BCUT2D eigenvalue weighted by molar-refractivity contribution is -0.116. The van der Waals surface area contributed by atoms with Crippen LogP contribution < -0.4 is 10.6 Å². The van der Waals surface area contributed by atoms with Crippen LogP contribution in [0.4, 0.5) is 5.69 Å². The Morgan fingerprint density at radius 3 is 2.30 bits per heavy atom. The molecule has 1 fully saturated rings. The number of hydrogen-bond donors (Lipinski definition) is 2. The Bertz CT molecular complexity index is 1530. The summed E-state index contributed by atoms with van der Waals surface area (Å²) in [6.07, 6.45) is 2.13. The van der Waals surface area contributed by atoms with Gasteiger partial charge in [-0.3, -0.25) is 9.78 Å². The van der Waals surface area contributed by atoms with Gasteiger partial charge in [0.15, 0.2) is 5.11 Å². The highest BCUT2D eigenvalue weighted by Crippen LogP contribution is 2.42. The molecule has 0 aliphatic carbocycles. The van der Waals surface area contributed by atoms with Crippen molar-refractivity contribution in [2.75, 3.05) is 11.9 Å². The van der Waals surface area contributed by atoms with Crippen molar-refractivity contribution in [2.24, 2.45) is 0 Å². The number of carbonyl (C=O) groups excluding carboxylic acids is 1. The van der Waals surface area contributed by atoms with Crippen molar-refractivity contribution in [3.63, 3.8) is 0 Å². The Labute approximate surface area is 242 Å². The number of benzene rings is 2. The summed E-state index contributed by atoms with van der Waals surface area (Å²) < 4.78 is 2.36. The topological polar surface area (TPSA) is 62.2 Å². The van der Waals surface area contributed by atoms with E-state index in [1.54, 1.807) is 0 Å². The van der Waals surface area contributed by atoms with Crippen molar-refractivity contribution in [1.29, 1.82) is 0 Å². The van der Waals surface area contributed by atoms with Gasteiger partial charge in [0.2, 0.25) is 5.91 Å². The number of anilines is 1. The second kappa shape index (κ2) is 11.3. The van der Waals surface area contributed by atoms with Crippen molar-refractivity contribution < 1.29 is 4.79 Å². The molecule has 1 amide bonds. The Balaban J connectivity index is 1.50. The molecule has 6 nitrogen and oxygen atoms in total. The fourth-order valence-electron chi connectivity index (χ4n) is 6.02. The van der Waals surface area contributed by atoms with E-state index in [9.17, 15) is 4.79 Å². The molecule has 0 saturated carbocycles. The summed E-state index contributed by atoms with van der Waals surface area (Å²) in [5.74, 6) is -0.0388. The van der Waals surface area contributed by atoms with Gasteiger partial charge >= 0.3 is 0 Å². The van der Waals surface area contributed by atoms with Crippen LogP contribution in [0.3, 0.4) is 0 Å². The molecule has 1 aliphatic rings. The Hall–Kier alpha value is -3.97. The molecule has 0 bridgehead atoms. The summed E-state index contributed by atoms with van der Waals surface area (Å²) in [6, 6.07) is 20.3. The second-order valence-corrected chi connectivity index (χ2v) is 11.3. The second-order valence-electron chi connectivity index (χ2n) is 10.9. The lowest BCUT2D eigenvalue weighted by Gasteiger charge is -2.28. The smallest absolute Gasteiger partial charge is 0.226 e. The van der Waals surface area contributed by atoms with Crippen LogP contribution in [0.5, 0.6) is 0 Å². The molecular weight excluding hydrogens is 514 g/mol. The molecule has 3 heterocycles. The normalized spacial score (nSPS) is 16.8. The minimum atomic E-state index is -0.136. The van der Waals surface area contributed by atoms with E-state index in [4.69, 9.17) is 12.2 Å². The van der Waals surface area contributed by atoms with Crippen LogP contribution in [0.15, 0.2) is 66.9 Å². The number of amides is 1. The number of rotatable bonds is 7. The molecule has 1 saturated heterocycles. The molecule has 2 aromatic carbocycles. The van der Waals surface area contributed by atoms with Gasteiger partial charge in [-0.2, -0.15) is 0 Å². The summed E-state index contributed by atoms with van der Waals surface area (Å²) in [7, 11) is 0. The fourth-order valence-corrected chi connectivity index (χ4v) is 6.36. The maximum Gasteiger partial charge on any atom is 0.226 e. The van der Waals surface area contributed by atoms with Crippen LogP contribution in [0, 0.1) is 41.5 Å². The first-order valence-corrected chi connectivity index (χ1v) is 14.2. The predicted molar refractivity (Wildman–Crippen MR) is 166 cm³/mol. The van der Waals surface area contributed by atoms with Crippen molar-refractivity contribution in [2.45, 2.75) is 60.0 Å². The summed E-state index contributed by atoms with van der Waals surface area (Å²) in [6.45, 7) is 13.4. The zero-order valence-corrected chi connectivity index (χ0v) is 24.9. The van der Waals surface area contributed by atoms with Gasteiger partial charge in [0.05, 0.1) is 23.5 Å². The van der Waals surface area contributed by atoms with Crippen LogP contribution in [-0.2, 0) is 4.79 Å². The maximum atomic E-state index is 13.0. The summed E-state index contributed by atoms with van der Waals surface area (Å²) >= 11 is 5.87. The van der Waals surface area contributed by atoms with E-state index in [0.29, 0.717) is 18.1 Å². The third kappa shape index (κ3) is 5.39. The van der Waals surface area contributed by atoms with Crippen LogP contribution in [0.1, 0.15) is 63.4 Å². The molecule has 0 radical (unpaired) electrons. The first-order valence-electron chi connectivity index (χ1n) is 13.8. The minimum Gasteiger partial charge on any atom is -0.352 e. The zero-order chi connectivity index (χ0) is 28.6. The van der Waals surface area contributed by atoms with Gasteiger partial charge in [-0.1, -0.05) is 41.5 Å². The number of hydrogen-bond acceptors (Lipinski definition) is 3. The number of carbonyl (C=O) groups is 1. The highest BCUT2D eigenvalue weighted by molar-refractivity contribution is 7.80. The average molecular weight is 552 g/mol. The molecule has 4 aromatic rings. The molecule has 1 aliphatic heterocycles. The predicted octanol–water partition coefficient (Wildman–Crippen LogP) is 6.72. The van der Waals surface area contributed by atoms with E-state index in [2.05, 4.69) is 77.9 Å². The van der Waals surface area contributed by atoms with Crippen molar-refractivity contribution in [1.82, 2.24) is 19.8 Å². The Kier molecular flexibility index (Phi) is 7.76. The highest BCUT2D eigenvalue weighted by Gasteiger charge is 2.41. The summed E-state index contributed by atoms with van der Waals surface area (Å²) in [5.41, 5.74) is 11.4. The standard InChI is InChI=1S/C33H37N5OS/c1-20-10-12-26(13-11-20)35-29(39)14-16-37-32(30(36-33(37)40)28-9-7-8-15-34-28)27-19-24(5)38(25(27)6)31-22(3)17-21(2)18-23(31)4/h7-13,15,17-19,30,32H,14,16H2,1-6H3,(H,35,39)(H,36,40)/t30-,32-/m1/s1. The van der Waals surface area contributed by atoms with Crippen LogP contribution in [0.2, 0.25) is 0 Å². The molecule has 5 rings (SSSR count). The molecule has 206 valence electrons. The molecule has 0 spiro atoms. The third-order valence-corrected chi connectivity index (χ3v) is 8.11. The SMILES string of the molecule is Cc1ccc(NC(=O)CCN2C(=S)N[C@H](c3ccccn3)[C@H]2c2cc(C)n(-c3c(C)cc(C)cc3C)c2C)cc1. The van der Waals surface area contributed by atoms with Gasteiger partial charge < -0.3 is 20.1 Å². The molecule has 0 unspecified atom stereocenters. The number of nitrogens with one attached hydrogen (secondary N) is 2. The molecule has 2 atom stereocenters. The highest BCUT2D eigenvalue weighted by atomic mass is 32.1. The van der Waals surface area contributed by atoms with E-state index >= 15 is 0 Å². The molecule has 2 N–H and O–H groups in total. The van der Waals surface area contributed by atoms with Crippen LogP contribution in [-0.4, -0.2) is 32.0 Å². The number of thiocarbonyl (C=S) groups is 1. The monoisotopic (exact) mass is 551 g/mol. The van der Waals surface area contributed by atoms with Gasteiger partial charge in [0.25, 0.3) is 0 Å². The number of nitrogens with zero attached hydrogens (tertiary/aromatic N) is 3. The number of aryl methyl sites for hydroxylation is 5. The van der Waals surface area contributed by atoms with Crippen LogP contribution >= 0.6 is 12.2 Å². The Morgan fingerprint density at radius 1 is 0.950 bits per heavy atom. The van der Waals surface area contributed by atoms with Gasteiger partial charge in [-0.05, 0) is 101 Å².